The van der Waals surface area contributed by atoms with Crippen LogP contribution in [0.4, 0.5) is 0 Å². The Bertz CT molecular complexity index is 517. The fraction of sp³-hybridized carbons (Fsp3) is 0.300. The number of pyridine rings is 1. The molecule has 0 aliphatic carbocycles. The van der Waals surface area contributed by atoms with Crippen LogP contribution in [0.25, 0.3) is 11.0 Å². The minimum Gasteiger partial charge on any atom is -0.407 e. The lowest BCUT2D eigenvalue weighted by atomic mass is 10.2. The summed E-state index contributed by atoms with van der Waals surface area (Å²) in [6, 6.07) is 3.35. The summed E-state index contributed by atoms with van der Waals surface area (Å²) in [7, 11) is 0. The van der Waals surface area contributed by atoms with Crippen LogP contribution >= 0.6 is 0 Å². The molecular weight excluding hydrogens is 180 g/mol. The maximum atomic E-state index is 11.5. The van der Waals surface area contributed by atoms with Gasteiger partial charge in [0.25, 0.3) is 0 Å². The molecular formula is C10H10N2O2. The Morgan fingerprint density at radius 2 is 2.21 bits per heavy atom. The van der Waals surface area contributed by atoms with Crippen LogP contribution in [-0.2, 0) is 0 Å². The molecule has 0 saturated heterocycles. The van der Waals surface area contributed by atoms with Crippen LogP contribution in [0.1, 0.15) is 25.7 Å². The second-order valence-electron chi connectivity index (χ2n) is 3.37. The number of hydrogen-bond acceptors (Lipinski definition) is 4. The number of fused-ring (bicyclic) bond motifs is 1. The van der Waals surface area contributed by atoms with E-state index in [0.29, 0.717) is 16.9 Å². The smallest absolute Gasteiger partial charge is 0.348 e. The number of rotatable bonds is 1. The first-order valence-corrected chi connectivity index (χ1v) is 4.44. The molecule has 0 radical (unpaired) electrons. The van der Waals surface area contributed by atoms with Crippen LogP contribution in [-0.4, -0.2) is 9.97 Å². The van der Waals surface area contributed by atoms with Gasteiger partial charge in [-0.25, -0.2) is 9.78 Å². The van der Waals surface area contributed by atoms with Gasteiger partial charge in [-0.3, -0.25) is 0 Å². The van der Waals surface area contributed by atoms with Gasteiger partial charge in [-0.2, -0.15) is 4.98 Å². The number of aromatic nitrogens is 2. The van der Waals surface area contributed by atoms with Crippen molar-refractivity contribution >= 4 is 11.0 Å². The lowest BCUT2D eigenvalue weighted by Crippen LogP contribution is -2.06. The topological polar surface area (TPSA) is 56.0 Å². The Hall–Kier alpha value is -1.71. The Balaban J connectivity index is 2.79. The molecule has 0 saturated carbocycles. The van der Waals surface area contributed by atoms with Gasteiger partial charge in [0.1, 0.15) is 5.39 Å². The molecule has 2 aromatic rings. The molecule has 0 aliphatic rings. The minimum atomic E-state index is -0.369. The van der Waals surface area contributed by atoms with Gasteiger partial charge in [0, 0.05) is 12.1 Å². The summed E-state index contributed by atoms with van der Waals surface area (Å²) in [6.07, 6.45) is 1.61. The third-order valence-electron chi connectivity index (χ3n) is 1.91. The fourth-order valence-corrected chi connectivity index (χ4v) is 1.17. The van der Waals surface area contributed by atoms with Crippen LogP contribution in [0.3, 0.4) is 0 Å². The maximum absolute atomic E-state index is 11.5. The first-order valence-electron chi connectivity index (χ1n) is 4.44. The summed E-state index contributed by atoms with van der Waals surface area (Å²) in [6.45, 7) is 3.83. The number of hydrogen-bond donors (Lipinski definition) is 0. The van der Waals surface area contributed by atoms with Gasteiger partial charge in [-0.1, -0.05) is 13.8 Å². The van der Waals surface area contributed by atoms with Crippen molar-refractivity contribution in [2.24, 2.45) is 0 Å². The van der Waals surface area contributed by atoms with E-state index in [9.17, 15) is 4.79 Å². The molecule has 0 amide bonds. The van der Waals surface area contributed by atoms with Crippen LogP contribution in [0.2, 0.25) is 0 Å². The van der Waals surface area contributed by atoms with Crippen molar-refractivity contribution in [1.82, 2.24) is 9.97 Å². The minimum absolute atomic E-state index is 0.0918. The van der Waals surface area contributed by atoms with Crippen molar-refractivity contribution in [1.29, 1.82) is 0 Å². The molecule has 0 unspecified atom stereocenters. The zero-order valence-electron chi connectivity index (χ0n) is 8.02. The third-order valence-corrected chi connectivity index (χ3v) is 1.91. The van der Waals surface area contributed by atoms with E-state index >= 15 is 0 Å². The monoisotopic (exact) mass is 190 g/mol. The van der Waals surface area contributed by atoms with Crippen molar-refractivity contribution in [3.63, 3.8) is 0 Å². The fourth-order valence-electron chi connectivity index (χ4n) is 1.17. The first kappa shape index (κ1) is 8.87. The van der Waals surface area contributed by atoms with Crippen molar-refractivity contribution in [3.8, 4) is 0 Å². The van der Waals surface area contributed by atoms with E-state index in [0.717, 1.165) is 0 Å². The van der Waals surface area contributed by atoms with Crippen LogP contribution in [0.15, 0.2) is 27.5 Å². The summed E-state index contributed by atoms with van der Waals surface area (Å²) in [5.74, 6) is 0.523. The molecule has 0 aromatic carbocycles. The molecule has 0 aliphatic heterocycles. The summed E-state index contributed by atoms with van der Waals surface area (Å²) in [4.78, 5) is 19.6. The second-order valence-corrected chi connectivity index (χ2v) is 3.37. The van der Waals surface area contributed by atoms with Gasteiger partial charge >= 0.3 is 5.63 Å². The van der Waals surface area contributed by atoms with E-state index in [1.54, 1.807) is 18.3 Å². The Morgan fingerprint density at radius 1 is 1.43 bits per heavy atom. The largest absolute Gasteiger partial charge is 0.407 e. The zero-order valence-corrected chi connectivity index (χ0v) is 8.02. The standard InChI is InChI=1S/C10H10N2O2/c1-6(2)9-12-8-7(10(13)14-9)4-3-5-11-8/h3-6H,1-2H3. The van der Waals surface area contributed by atoms with Gasteiger partial charge in [-0.05, 0) is 12.1 Å². The van der Waals surface area contributed by atoms with Gasteiger partial charge < -0.3 is 4.42 Å². The van der Waals surface area contributed by atoms with E-state index in [2.05, 4.69) is 9.97 Å². The summed E-state index contributed by atoms with van der Waals surface area (Å²) in [5, 5.41) is 0.428. The van der Waals surface area contributed by atoms with Gasteiger partial charge in [0.2, 0.25) is 5.89 Å². The Morgan fingerprint density at radius 3 is 2.93 bits per heavy atom. The highest BCUT2D eigenvalue weighted by Gasteiger charge is 2.09. The van der Waals surface area contributed by atoms with E-state index < -0.39 is 0 Å². The predicted octanol–water partition coefficient (Wildman–Crippen LogP) is 1.71. The lowest BCUT2D eigenvalue weighted by molar-refractivity contribution is 0.423. The number of nitrogens with zero attached hydrogens (tertiary/aromatic N) is 2. The third kappa shape index (κ3) is 1.39. The SMILES string of the molecule is CC(C)c1nc2ncccc2c(=O)o1. The lowest BCUT2D eigenvalue weighted by Gasteiger charge is -2.02. The van der Waals surface area contributed by atoms with Gasteiger partial charge in [0.15, 0.2) is 5.65 Å². The van der Waals surface area contributed by atoms with Crippen molar-refractivity contribution in [3.05, 3.63) is 34.6 Å². The molecule has 0 spiro atoms. The molecule has 2 heterocycles. The van der Waals surface area contributed by atoms with Gasteiger partial charge in [0.05, 0.1) is 0 Å². The Labute approximate surface area is 80.6 Å². The average Bonchev–Trinajstić information content (AvgIpc) is 2.17. The second kappa shape index (κ2) is 3.21. The molecule has 4 heteroatoms. The average molecular weight is 190 g/mol. The molecule has 14 heavy (non-hydrogen) atoms. The van der Waals surface area contributed by atoms with Crippen LogP contribution in [0.5, 0.6) is 0 Å². The van der Waals surface area contributed by atoms with E-state index in [1.165, 1.54) is 0 Å². The van der Waals surface area contributed by atoms with Crippen molar-refractivity contribution in [2.45, 2.75) is 19.8 Å². The molecule has 2 rings (SSSR count). The molecule has 0 fully saturated rings. The predicted molar refractivity (Wildman–Crippen MR) is 52.2 cm³/mol. The molecule has 2 aromatic heterocycles. The highest BCUT2D eigenvalue weighted by Crippen LogP contribution is 2.11. The Kier molecular flexibility index (Phi) is 2.04. The van der Waals surface area contributed by atoms with Gasteiger partial charge in [-0.15, -0.1) is 0 Å². The van der Waals surface area contributed by atoms with E-state index in [-0.39, 0.29) is 11.5 Å². The molecule has 4 nitrogen and oxygen atoms in total. The molecule has 72 valence electrons. The van der Waals surface area contributed by atoms with Crippen LogP contribution in [0, 0.1) is 0 Å². The zero-order chi connectivity index (χ0) is 10.1. The maximum Gasteiger partial charge on any atom is 0.348 e. The van der Waals surface area contributed by atoms with Crippen LogP contribution < -0.4 is 5.63 Å². The molecule has 0 bridgehead atoms. The highest BCUT2D eigenvalue weighted by molar-refractivity contribution is 5.72. The van der Waals surface area contributed by atoms with Crippen molar-refractivity contribution < 1.29 is 4.42 Å². The molecule has 0 N–H and O–H groups in total. The summed E-state index contributed by atoms with van der Waals surface area (Å²) < 4.78 is 5.05. The van der Waals surface area contributed by atoms with Crippen molar-refractivity contribution in [2.75, 3.05) is 0 Å². The normalized spacial score (nSPS) is 11.1. The highest BCUT2D eigenvalue weighted by atomic mass is 16.4. The molecule has 0 atom stereocenters. The summed E-state index contributed by atoms with van der Waals surface area (Å²) >= 11 is 0. The first-order chi connectivity index (χ1) is 6.68. The summed E-state index contributed by atoms with van der Waals surface area (Å²) in [5.41, 5.74) is 0.0826. The quantitative estimate of drug-likeness (QED) is 0.686. The van der Waals surface area contributed by atoms with E-state index in [1.807, 2.05) is 13.8 Å². The van der Waals surface area contributed by atoms with E-state index in [4.69, 9.17) is 4.42 Å².